The smallest absolute Gasteiger partial charge is 0.294 e. The van der Waals surface area contributed by atoms with Crippen molar-refractivity contribution in [3.63, 3.8) is 0 Å². The summed E-state index contributed by atoms with van der Waals surface area (Å²) in [7, 11) is 1.83. The first-order chi connectivity index (χ1) is 6.88. The lowest BCUT2D eigenvalue weighted by molar-refractivity contribution is 0.354. The van der Waals surface area contributed by atoms with E-state index in [9.17, 15) is 0 Å². The third-order valence-electron chi connectivity index (χ3n) is 2.99. The molecule has 1 aromatic heterocycles. The maximum Gasteiger partial charge on any atom is 0.294 e. The van der Waals surface area contributed by atoms with Crippen molar-refractivity contribution in [2.75, 3.05) is 12.4 Å². The molecule has 1 heterocycles. The first-order valence-corrected chi connectivity index (χ1v) is 5.50. The zero-order chi connectivity index (χ0) is 9.80. The van der Waals surface area contributed by atoms with E-state index in [1.807, 2.05) is 7.05 Å². The molecule has 0 bridgehead atoms. The largest absolute Gasteiger partial charge is 0.432 e. The monoisotopic (exact) mass is 194 g/mol. The Bertz CT molecular complexity index is 277. The lowest BCUT2D eigenvalue weighted by Crippen LogP contribution is -2.09. The number of anilines is 1. The molecule has 0 unspecified atom stereocenters. The number of aromatic nitrogens is 1. The van der Waals surface area contributed by atoms with Crippen LogP contribution >= 0.6 is 0 Å². The van der Waals surface area contributed by atoms with E-state index in [1.54, 1.807) is 6.26 Å². The first-order valence-electron chi connectivity index (χ1n) is 5.50. The number of oxazole rings is 1. The highest BCUT2D eigenvalue weighted by Crippen LogP contribution is 2.26. The standard InChI is InChI=1S/C11H18N2O/c1-12-11-13-10(8-14-11)7-9-5-3-2-4-6-9/h8-9H,2-7H2,1H3,(H,12,13). The highest BCUT2D eigenvalue weighted by atomic mass is 16.4. The normalized spacial score (nSPS) is 18.4. The van der Waals surface area contributed by atoms with E-state index < -0.39 is 0 Å². The van der Waals surface area contributed by atoms with Gasteiger partial charge in [-0.25, -0.2) is 0 Å². The van der Waals surface area contributed by atoms with E-state index in [0.29, 0.717) is 6.01 Å². The van der Waals surface area contributed by atoms with E-state index in [2.05, 4.69) is 10.3 Å². The van der Waals surface area contributed by atoms with E-state index in [1.165, 1.54) is 32.1 Å². The Kier molecular flexibility index (Phi) is 3.07. The van der Waals surface area contributed by atoms with Crippen LogP contribution in [0.15, 0.2) is 10.7 Å². The van der Waals surface area contributed by atoms with Crippen molar-refractivity contribution in [1.29, 1.82) is 0 Å². The summed E-state index contributed by atoms with van der Waals surface area (Å²) in [6, 6.07) is 0.635. The number of hydrogen-bond donors (Lipinski definition) is 1. The molecular weight excluding hydrogens is 176 g/mol. The zero-order valence-electron chi connectivity index (χ0n) is 8.75. The van der Waals surface area contributed by atoms with Crippen LogP contribution in [-0.2, 0) is 6.42 Å². The Balaban J connectivity index is 1.89. The van der Waals surface area contributed by atoms with Crippen LogP contribution in [0.3, 0.4) is 0 Å². The molecule has 3 nitrogen and oxygen atoms in total. The molecule has 14 heavy (non-hydrogen) atoms. The van der Waals surface area contributed by atoms with Crippen LogP contribution in [0.5, 0.6) is 0 Å². The number of hydrogen-bond acceptors (Lipinski definition) is 3. The predicted octanol–water partition coefficient (Wildman–Crippen LogP) is 2.84. The van der Waals surface area contributed by atoms with E-state index in [4.69, 9.17) is 4.42 Å². The van der Waals surface area contributed by atoms with Gasteiger partial charge in [-0.15, -0.1) is 0 Å². The minimum Gasteiger partial charge on any atom is -0.432 e. The van der Waals surface area contributed by atoms with Crippen molar-refractivity contribution < 1.29 is 4.42 Å². The molecule has 3 heteroatoms. The van der Waals surface area contributed by atoms with Crippen molar-refractivity contribution in [1.82, 2.24) is 4.98 Å². The quantitative estimate of drug-likeness (QED) is 0.804. The second-order valence-electron chi connectivity index (χ2n) is 4.10. The maximum atomic E-state index is 5.23. The molecule has 0 aliphatic heterocycles. The number of nitrogens with zero attached hydrogens (tertiary/aromatic N) is 1. The average molecular weight is 194 g/mol. The molecule has 0 saturated heterocycles. The van der Waals surface area contributed by atoms with Gasteiger partial charge in [-0.05, 0) is 12.3 Å². The molecule has 1 aromatic rings. The van der Waals surface area contributed by atoms with Crippen molar-refractivity contribution >= 4 is 6.01 Å². The molecule has 78 valence electrons. The van der Waals surface area contributed by atoms with Gasteiger partial charge in [0.15, 0.2) is 0 Å². The van der Waals surface area contributed by atoms with Crippen LogP contribution in [0.4, 0.5) is 6.01 Å². The van der Waals surface area contributed by atoms with Crippen LogP contribution in [0.2, 0.25) is 0 Å². The lowest BCUT2D eigenvalue weighted by atomic mass is 9.86. The van der Waals surface area contributed by atoms with Gasteiger partial charge in [-0.2, -0.15) is 4.98 Å². The Morgan fingerprint density at radius 1 is 1.43 bits per heavy atom. The topological polar surface area (TPSA) is 38.1 Å². The van der Waals surface area contributed by atoms with Crippen LogP contribution in [0.25, 0.3) is 0 Å². The van der Waals surface area contributed by atoms with Gasteiger partial charge >= 0.3 is 0 Å². The fourth-order valence-corrected chi connectivity index (χ4v) is 2.20. The van der Waals surface area contributed by atoms with Crippen LogP contribution < -0.4 is 5.32 Å². The molecule has 0 atom stereocenters. The van der Waals surface area contributed by atoms with E-state index in [0.717, 1.165) is 18.0 Å². The molecule has 0 amide bonds. The van der Waals surface area contributed by atoms with Gasteiger partial charge in [0, 0.05) is 7.05 Å². The summed E-state index contributed by atoms with van der Waals surface area (Å²) in [5, 5.41) is 2.91. The molecule has 1 saturated carbocycles. The van der Waals surface area contributed by atoms with Crippen molar-refractivity contribution in [2.24, 2.45) is 5.92 Å². The fourth-order valence-electron chi connectivity index (χ4n) is 2.20. The Hall–Kier alpha value is -0.990. The summed E-state index contributed by atoms with van der Waals surface area (Å²) in [4.78, 5) is 4.35. The summed E-state index contributed by atoms with van der Waals surface area (Å²) < 4.78 is 5.23. The summed E-state index contributed by atoms with van der Waals surface area (Å²) in [6.07, 6.45) is 9.79. The van der Waals surface area contributed by atoms with Crippen molar-refractivity contribution in [2.45, 2.75) is 38.5 Å². The molecule has 2 rings (SSSR count). The summed E-state index contributed by atoms with van der Waals surface area (Å²) in [5.41, 5.74) is 1.10. The summed E-state index contributed by atoms with van der Waals surface area (Å²) in [5.74, 6) is 0.832. The van der Waals surface area contributed by atoms with E-state index in [-0.39, 0.29) is 0 Å². The summed E-state index contributed by atoms with van der Waals surface area (Å²) in [6.45, 7) is 0. The van der Waals surface area contributed by atoms with Crippen LogP contribution in [-0.4, -0.2) is 12.0 Å². The molecule has 1 aliphatic carbocycles. The van der Waals surface area contributed by atoms with Gasteiger partial charge in [0.05, 0.1) is 5.69 Å². The SMILES string of the molecule is CNc1nc(CC2CCCCC2)co1. The molecule has 1 N–H and O–H groups in total. The zero-order valence-corrected chi connectivity index (χ0v) is 8.75. The second kappa shape index (κ2) is 4.49. The Morgan fingerprint density at radius 2 is 2.21 bits per heavy atom. The van der Waals surface area contributed by atoms with Crippen molar-refractivity contribution in [3.8, 4) is 0 Å². The fraction of sp³-hybridized carbons (Fsp3) is 0.727. The highest BCUT2D eigenvalue weighted by molar-refractivity contribution is 5.19. The molecule has 1 fully saturated rings. The molecule has 1 aliphatic rings. The minimum absolute atomic E-state index is 0.635. The Morgan fingerprint density at radius 3 is 2.86 bits per heavy atom. The predicted molar refractivity (Wildman–Crippen MR) is 56.3 cm³/mol. The van der Waals surface area contributed by atoms with Crippen LogP contribution in [0, 0.1) is 5.92 Å². The third-order valence-corrected chi connectivity index (χ3v) is 2.99. The minimum atomic E-state index is 0.635. The third kappa shape index (κ3) is 2.28. The maximum absolute atomic E-state index is 5.23. The van der Waals surface area contributed by atoms with E-state index >= 15 is 0 Å². The van der Waals surface area contributed by atoms with Gasteiger partial charge in [0.2, 0.25) is 0 Å². The van der Waals surface area contributed by atoms with Gasteiger partial charge in [0.25, 0.3) is 6.01 Å². The highest BCUT2D eigenvalue weighted by Gasteiger charge is 2.15. The van der Waals surface area contributed by atoms with Gasteiger partial charge < -0.3 is 9.73 Å². The van der Waals surface area contributed by atoms with Gasteiger partial charge in [-0.3, -0.25) is 0 Å². The molecule has 0 aromatic carbocycles. The lowest BCUT2D eigenvalue weighted by Gasteiger charge is -2.19. The number of rotatable bonds is 3. The van der Waals surface area contributed by atoms with Crippen LogP contribution in [0.1, 0.15) is 37.8 Å². The Labute approximate surface area is 84.9 Å². The molecule has 0 spiro atoms. The second-order valence-corrected chi connectivity index (χ2v) is 4.10. The summed E-state index contributed by atoms with van der Waals surface area (Å²) >= 11 is 0. The molecular formula is C11H18N2O. The van der Waals surface area contributed by atoms with Gasteiger partial charge in [-0.1, -0.05) is 32.1 Å². The van der Waals surface area contributed by atoms with Crippen molar-refractivity contribution in [3.05, 3.63) is 12.0 Å². The molecule has 0 radical (unpaired) electrons. The first kappa shape index (κ1) is 9.56. The number of nitrogens with one attached hydrogen (secondary N) is 1. The van der Waals surface area contributed by atoms with Gasteiger partial charge in [0.1, 0.15) is 6.26 Å². The average Bonchev–Trinajstić information content (AvgIpc) is 2.67.